The van der Waals surface area contributed by atoms with E-state index in [2.05, 4.69) is 35.2 Å². The molecule has 0 N–H and O–H groups in total. The van der Waals surface area contributed by atoms with Gasteiger partial charge in [0, 0.05) is 24.7 Å². The number of likely N-dealkylation sites (tertiary alicyclic amines) is 1. The quantitative estimate of drug-likeness (QED) is 0.278. The maximum Gasteiger partial charge on any atom is 0.417 e. The summed E-state index contributed by atoms with van der Waals surface area (Å²) in [6.45, 7) is 2.51. The molecule has 1 heterocycles. The molecular weight excluding hydrogens is 498 g/mol. The summed E-state index contributed by atoms with van der Waals surface area (Å²) in [5.74, 6) is 0.558. The number of hydrogen-bond donors (Lipinski definition) is 0. The summed E-state index contributed by atoms with van der Waals surface area (Å²) in [6, 6.07) is 20.5. The predicted octanol–water partition coefficient (Wildman–Crippen LogP) is 8.49. The molecule has 0 spiro atoms. The highest BCUT2D eigenvalue weighted by atomic mass is 35.5. The molecule has 0 saturated carbocycles. The fraction of sp³-hybridized carbons (Fsp3) is 0.355. The van der Waals surface area contributed by atoms with Gasteiger partial charge in [0.1, 0.15) is 0 Å². The highest BCUT2D eigenvalue weighted by Crippen LogP contribution is 2.44. The summed E-state index contributed by atoms with van der Waals surface area (Å²) in [5.41, 5.74) is 5.38. The van der Waals surface area contributed by atoms with Crippen molar-refractivity contribution in [3.05, 3.63) is 105 Å². The SMILES string of the molecule is FCCCN1CC(Cc2ccc(C3=C(c4ccc(Cl)cc4C(F)(F)F)CCCc4ccccc43)cc2)C1. The molecule has 2 aliphatic rings. The monoisotopic (exact) mass is 527 g/mol. The molecule has 3 aromatic carbocycles. The van der Waals surface area contributed by atoms with Crippen LogP contribution in [0.4, 0.5) is 17.6 Å². The summed E-state index contributed by atoms with van der Waals surface area (Å²) in [7, 11) is 0. The molecule has 3 aromatic rings. The van der Waals surface area contributed by atoms with E-state index in [1.807, 2.05) is 18.2 Å². The highest BCUT2D eigenvalue weighted by Gasteiger charge is 2.35. The first-order valence-corrected chi connectivity index (χ1v) is 13.3. The Morgan fingerprint density at radius 3 is 2.38 bits per heavy atom. The molecule has 1 nitrogen and oxygen atoms in total. The van der Waals surface area contributed by atoms with Gasteiger partial charge in [0.2, 0.25) is 0 Å². The normalized spacial score (nSPS) is 16.9. The van der Waals surface area contributed by atoms with E-state index < -0.39 is 11.7 Å². The van der Waals surface area contributed by atoms with Crippen LogP contribution < -0.4 is 0 Å². The van der Waals surface area contributed by atoms with Gasteiger partial charge >= 0.3 is 6.18 Å². The van der Waals surface area contributed by atoms with Gasteiger partial charge in [-0.15, -0.1) is 0 Å². The Balaban J connectivity index is 1.53. The number of halogens is 5. The van der Waals surface area contributed by atoms with Crippen molar-refractivity contribution in [2.45, 2.75) is 38.3 Å². The smallest absolute Gasteiger partial charge is 0.303 e. The van der Waals surface area contributed by atoms with E-state index in [1.165, 1.54) is 11.6 Å². The molecule has 0 aromatic heterocycles. The summed E-state index contributed by atoms with van der Waals surface area (Å²) in [4.78, 5) is 2.28. The molecule has 0 bridgehead atoms. The average Bonchev–Trinajstić information content (AvgIpc) is 3.05. The van der Waals surface area contributed by atoms with Gasteiger partial charge in [-0.25, -0.2) is 0 Å². The summed E-state index contributed by atoms with van der Waals surface area (Å²) in [5, 5.41) is 0.0795. The van der Waals surface area contributed by atoms with Crippen LogP contribution in [0.5, 0.6) is 0 Å². The number of fused-ring (bicyclic) bond motifs is 1. The lowest BCUT2D eigenvalue weighted by Crippen LogP contribution is -2.47. The Morgan fingerprint density at radius 2 is 1.65 bits per heavy atom. The second kappa shape index (κ2) is 11.0. The number of aryl methyl sites for hydroxylation is 1. The third-order valence-electron chi connectivity index (χ3n) is 7.48. The minimum absolute atomic E-state index is 0.0795. The molecule has 0 unspecified atom stereocenters. The van der Waals surface area contributed by atoms with Crippen molar-refractivity contribution in [1.82, 2.24) is 4.90 Å². The third-order valence-corrected chi connectivity index (χ3v) is 7.72. The fourth-order valence-corrected chi connectivity index (χ4v) is 5.92. The van der Waals surface area contributed by atoms with Gasteiger partial charge < -0.3 is 4.90 Å². The Morgan fingerprint density at radius 1 is 0.892 bits per heavy atom. The van der Waals surface area contributed by atoms with E-state index in [-0.39, 0.29) is 17.3 Å². The zero-order valence-electron chi connectivity index (χ0n) is 20.6. The average molecular weight is 528 g/mol. The lowest BCUT2D eigenvalue weighted by atomic mass is 9.85. The van der Waals surface area contributed by atoms with Crippen LogP contribution in [0.2, 0.25) is 5.02 Å². The van der Waals surface area contributed by atoms with E-state index in [1.54, 1.807) is 6.07 Å². The zero-order chi connectivity index (χ0) is 26.0. The third kappa shape index (κ3) is 5.78. The van der Waals surface area contributed by atoms with Crippen LogP contribution in [-0.2, 0) is 19.0 Å². The van der Waals surface area contributed by atoms with Gasteiger partial charge in [0.25, 0.3) is 0 Å². The first-order chi connectivity index (χ1) is 17.8. The molecule has 0 atom stereocenters. The van der Waals surface area contributed by atoms with Gasteiger partial charge in [0.15, 0.2) is 0 Å². The first-order valence-electron chi connectivity index (χ1n) is 12.9. The number of allylic oxidation sites excluding steroid dienone is 1. The van der Waals surface area contributed by atoms with E-state index >= 15 is 0 Å². The van der Waals surface area contributed by atoms with Crippen molar-refractivity contribution in [3.8, 4) is 0 Å². The van der Waals surface area contributed by atoms with Gasteiger partial charge in [0.05, 0.1) is 12.2 Å². The van der Waals surface area contributed by atoms with Crippen LogP contribution in [0.25, 0.3) is 11.1 Å². The maximum absolute atomic E-state index is 14.1. The Hall–Kier alpha value is -2.63. The molecule has 0 amide bonds. The summed E-state index contributed by atoms with van der Waals surface area (Å²) >= 11 is 6.00. The van der Waals surface area contributed by atoms with Crippen LogP contribution in [0.15, 0.2) is 66.7 Å². The summed E-state index contributed by atoms with van der Waals surface area (Å²) < 4.78 is 54.8. The van der Waals surface area contributed by atoms with Crippen molar-refractivity contribution >= 4 is 22.7 Å². The molecule has 37 heavy (non-hydrogen) atoms. The fourth-order valence-electron chi connectivity index (χ4n) is 5.75. The van der Waals surface area contributed by atoms with Crippen molar-refractivity contribution in [1.29, 1.82) is 0 Å². The highest BCUT2D eigenvalue weighted by molar-refractivity contribution is 6.30. The number of nitrogens with zero attached hydrogens (tertiary/aromatic N) is 1. The van der Waals surface area contributed by atoms with Crippen LogP contribution in [0.3, 0.4) is 0 Å². The minimum atomic E-state index is -4.51. The van der Waals surface area contributed by atoms with Gasteiger partial charge in [-0.05, 0) is 89.1 Å². The Bertz CT molecular complexity index is 1270. The lowest BCUT2D eigenvalue weighted by Gasteiger charge is -2.39. The second-order valence-corrected chi connectivity index (χ2v) is 10.6. The van der Waals surface area contributed by atoms with Gasteiger partial charge in [-0.3, -0.25) is 4.39 Å². The van der Waals surface area contributed by atoms with E-state index in [0.29, 0.717) is 24.3 Å². The molecule has 1 aliphatic heterocycles. The zero-order valence-corrected chi connectivity index (χ0v) is 21.4. The molecule has 5 rings (SSSR count). The van der Waals surface area contributed by atoms with E-state index in [0.717, 1.165) is 67.2 Å². The van der Waals surface area contributed by atoms with E-state index in [9.17, 15) is 17.6 Å². The Labute approximate surface area is 220 Å². The van der Waals surface area contributed by atoms with Crippen LogP contribution in [0.1, 0.15) is 52.6 Å². The van der Waals surface area contributed by atoms with Crippen LogP contribution in [-0.4, -0.2) is 31.2 Å². The van der Waals surface area contributed by atoms with Gasteiger partial charge in [-0.2, -0.15) is 13.2 Å². The van der Waals surface area contributed by atoms with Crippen molar-refractivity contribution in [3.63, 3.8) is 0 Å². The first kappa shape index (κ1) is 26.0. The standard InChI is InChI=1S/C31H30ClF4N/c32-25-13-14-27(29(18-25)31(34,35)36)28-8-3-6-23-5-1-2-7-26(23)30(28)24-11-9-21(10-12-24)17-22-19-37(20-22)16-4-15-33/h1-2,5,7,9-14,18,22H,3-4,6,8,15-17,19-20H2. The van der Waals surface area contributed by atoms with Gasteiger partial charge in [-0.1, -0.05) is 66.2 Å². The summed E-state index contributed by atoms with van der Waals surface area (Å²) in [6.07, 6.45) is -0.832. The number of hydrogen-bond acceptors (Lipinski definition) is 1. The molecule has 6 heteroatoms. The number of rotatable bonds is 7. The Kier molecular flexibility index (Phi) is 7.73. The predicted molar refractivity (Wildman–Crippen MR) is 142 cm³/mol. The lowest BCUT2D eigenvalue weighted by molar-refractivity contribution is -0.137. The molecule has 0 radical (unpaired) electrons. The van der Waals surface area contributed by atoms with Crippen LogP contribution in [0, 0.1) is 5.92 Å². The van der Waals surface area contributed by atoms with E-state index in [4.69, 9.17) is 11.6 Å². The molecule has 194 valence electrons. The maximum atomic E-state index is 14.1. The second-order valence-electron chi connectivity index (χ2n) is 10.1. The largest absolute Gasteiger partial charge is 0.417 e. The topological polar surface area (TPSA) is 3.24 Å². The number of benzene rings is 3. The minimum Gasteiger partial charge on any atom is -0.303 e. The molecule has 1 aliphatic carbocycles. The van der Waals surface area contributed by atoms with Crippen molar-refractivity contribution < 1.29 is 17.6 Å². The van der Waals surface area contributed by atoms with Crippen molar-refractivity contribution in [2.75, 3.05) is 26.3 Å². The van der Waals surface area contributed by atoms with Crippen LogP contribution >= 0.6 is 11.6 Å². The number of alkyl halides is 4. The van der Waals surface area contributed by atoms with Crippen molar-refractivity contribution in [2.24, 2.45) is 5.92 Å². The molecular formula is C31H30ClF4N. The molecule has 1 saturated heterocycles. The molecule has 1 fully saturated rings.